The molecule has 0 radical (unpaired) electrons. The van der Waals surface area contributed by atoms with E-state index in [4.69, 9.17) is 4.74 Å². The number of amides is 1. The Hall–Kier alpha value is -2.29. The number of nitrogens with one attached hydrogen (secondary N) is 1. The van der Waals surface area contributed by atoms with Gasteiger partial charge in [-0.05, 0) is 87.1 Å². The van der Waals surface area contributed by atoms with Gasteiger partial charge in [-0.3, -0.25) is 4.79 Å². The molecule has 0 aliphatic carbocycles. The lowest BCUT2D eigenvalue weighted by molar-refractivity contribution is -0.123. The Labute approximate surface area is 145 Å². The smallest absolute Gasteiger partial charge is 0.258 e. The lowest BCUT2D eigenvalue weighted by Crippen LogP contribution is -2.31. The zero-order valence-corrected chi connectivity index (χ0v) is 15.5. The minimum Gasteiger partial charge on any atom is -0.484 e. The van der Waals surface area contributed by atoms with Crippen molar-refractivity contribution >= 4 is 5.91 Å². The number of hydrogen-bond acceptors (Lipinski definition) is 2. The Bertz CT molecular complexity index is 729. The number of carbonyl (C=O) groups is 1. The quantitative estimate of drug-likeness (QED) is 0.880. The highest BCUT2D eigenvalue weighted by atomic mass is 16.5. The molecule has 0 spiro atoms. The Morgan fingerprint density at radius 3 is 2.12 bits per heavy atom. The molecule has 24 heavy (non-hydrogen) atoms. The lowest BCUT2D eigenvalue weighted by atomic mass is 9.96. The fourth-order valence-corrected chi connectivity index (χ4v) is 2.98. The average molecular weight is 325 g/mol. The normalized spacial score (nSPS) is 11.9. The van der Waals surface area contributed by atoms with Crippen LogP contribution in [0.1, 0.15) is 46.3 Å². The van der Waals surface area contributed by atoms with Crippen LogP contribution in [0.3, 0.4) is 0 Å². The minimum atomic E-state index is -0.112. The summed E-state index contributed by atoms with van der Waals surface area (Å²) in [5.74, 6) is 0.622. The number of ether oxygens (including phenoxy) is 1. The highest BCUT2D eigenvalue weighted by molar-refractivity contribution is 5.78. The largest absolute Gasteiger partial charge is 0.484 e. The number of rotatable bonds is 5. The van der Waals surface area contributed by atoms with E-state index >= 15 is 0 Å². The van der Waals surface area contributed by atoms with Gasteiger partial charge in [0.15, 0.2) is 6.61 Å². The molecule has 0 unspecified atom stereocenters. The first-order valence-electron chi connectivity index (χ1n) is 8.34. The van der Waals surface area contributed by atoms with Crippen molar-refractivity contribution in [2.24, 2.45) is 0 Å². The van der Waals surface area contributed by atoms with Crippen molar-refractivity contribution in [2.75, 3.05) is 6.61 Å². The van der Waals surface area contributed by atoms with Crippen molar-refractivity contribution in [2.45, 2.75) is 47.6 Å². The molecule has 0 aliphatic rings. The van der Waals surface area contributed by atoms with E-state index < -0.39 is 0 Å². The fraction of sp³-hybridized carbons (Fsp3) is 0.381. The Morgan fingerprint density at radius 2 is 1.50 bits per heavy atom. The van der Waals surface area contributed by atoms with E-state index in [1.807, 2.05) is 32.9 Å². The summed E-state index contributed by atoms with van der Waals surface area (Å²) in [6.45, 7) is 12.3. The Morgan fingerprint density at radius 1 is 0.917 bits per heavy atom. The van der Waals surface area contributed by atoms with Crippen LogP contribution in [0, 0.1) is 34.6 Å². The lowest BCUT2D eigenvalue weighted by Gasteiger charge is -2.18. The molecule has 0 fully saturated rings. The third kappa shape index (κ3) is 4.60. The summed E-state index contributed by atoms with van der Waals surface area (Å²) in [6.07, 6.45) is 0. The molecule has 3 nitrogen and oxygen atoms in total. The number of benzene rings is 2. The summed E-state index contributed by atoms with van der Waals surface area (Å²) in [4.78, 5) is 12.2. The van der Waals surface area contributed by atoms with Crippen molar-refractivity contribution in [1.82, 2.24) is 5.32 Å². The van der Waals surface area contributed by atoms with E-state index in [0.717, 1.165) is 22.4 Å². The topological polar surface area (TPSA) is 38.3 Å². The third-order valence-electron chi connectivity index (χ3n) is 4.29. The van der Waals surface area contributed by atoms with Gasteiger partial charge in [-0.15, -0.1) is 0 Å². The van der Waals surface area contributed by atoms with E-state index in [1.54, 1.807) is 0 Å². The summed E-state index contributed by atoms with van der Waals surface area (Å²) in [5, 5.41) is 3.02. The van der Waals surface area contributed by atoms with Gasteiger partial charge in [-0.1, -0.05) is 18.2 Å². The summed E-state index contributed by atoms with van der Waals surface area (Å²) < 4.78 is 5.63. The zero-order valence-electron chi connectivity index (χ0n) is 15.5. The van der Waals surface area contributed by atoms with Gasteiger partial charge in [0.25, 0.3) is 5.91 Å². The van der Waals surface area contributed by atoms with Crippen LogP contribution in [0.15, 0.2) is 30.3 Å². The van der Waals surface area contributed by atoms with Crippen LogP contribution >= 0.6 is 0 Å². The number of aryl methyl sites for hydroxylation is 5. The SMILES string of the molecule is Cc1cc(C)cc(OCC(=O)N[C@H](C)c2cc(C)c(C)cc2C)c1. The predicted molar refractivity (Wildman–Crippen MR) is 98.6 cm³/mol. The summed E-state index contributed by atoms with van der Waals surface area (Å²) in [7, 11) is 0. The first-order chi connectivity index (χ1) is 11.3. The molecule has 1 atom stereocenters. The minimum absolute atomic E-state index is 0.0249. The first kappa shape index (κ1) is 18.1. The molecule has 0 heterocycles. The van der Waals surface area contributed by atoms with E-state index in [2.05, 4.69) is 44.3 Å². The Kier molecular flexibility index (Phi) is 5.66. The van der Waals surface area contributed by atoms with Gasteiger partial charge >= 0.3 is 0 Å². The molecule has 128 valence electrons. The molecule has 0 saturated carbocycles. The highest BCUT2D eigenvalue weighted by Gasteiger charge is 2.13. The third-order valence-corrected chi connectivity index (χ3v) is 4.29. The maximum atomic E-state index is 12.2. The van der Waals surface area contributed by atoms with Gasteiger partial charge in [-0.2, -0.15) is 0 Å². The van der Waals surface area contributed by atoms with Crippen molar-refractivity contribution in [3.8, 4) is 5.75 Å². The second-order valence-corrected chi connectivity index (χ2v) is 6.69. The fourth-order valence-electron chi connectivity index (χ4n) is 2.98. The Balaban J connectivity index is 1.98. The van der Waals surface area contributed by atoms with Crippen molar-refractivity contribution < 1.29 is 9.53 Å². The van der Waals surface area contributed by atoms with E-state index in [-0.39, 0.29) is 18.6 Å². The van der Waals surface area contributed by atoms with Crippen LogP contribution < -0.4 is 10.1 Å². The van der Waals surface area contributed by atoms with Crippen LogP contribution in [0.5, 0.6) is 5.75 Å². The van der Waals surface area contributed by atoms with Crippen molar-refractivity contribution in [3.05, 3.63) is 63.7 Å². The van der Waals surface area contributed by atoms with Crippen molar-refractivity contribution in [3.63, 3.8) is 0 Å². The summed E-state index contributed by atoms with van der Waals surface area (Å²) >= 11 is 0. The van der Waals surface area contributed by atoms with E-state index in [0.29, 0.717) is 0 Å². The zero-order chi connectivity index (χ0) is 17.9. The molecule has 0 bridgehead atoms. The van der Waals surface area contributed by atoms with Gasteiger partial charge in [0.1, 0.15) is 5.75 Å². The van der Waals surface area contributed by atoms with Crippen LogP contribution in [-0.2, 0) is 4.79 Å². The van der Waals surface area contributed by atoms with Crippen LogP contribution in [-0.4, -0.2) is 12.5 Å². The van der Waals surface area contributed by atoms with Gasteiger partial charge in [-0.25, -0.2) is 0 Å². The second kappa shape index (κ2) is 7.52. The molecule has 2 rings (SSSR count). The van der Waals surface area contributed by atoms with Gasteiger partial charge in [0.2, 0.25) is 0 Å². The van der Waals surface area contributed by atoms with Crippen molar-refractivity contribution in [1.29, 1.82) is 0 Å². The molecular weight excluding hydrogens is 298 g/mol. The van der Waals surface area contributed by atoms with Crippen LogP contribution in [0.25, 0.3) is 0 Å². The maximum absolute atomic E-state index is 12.2. The molecule has 2 aromatic carbocycles. The maximum Gasteiger partial charge on any atom is 0.258 e. The summed E-state index contributed by atoms with van der Waals surface area (Å²) in [6, 6.07) is 10.2. The molecule has 1 amide bonds. The molecule has 0 aromatic heterocycles. The molecular formula is C21H27NO2. The second-order valence-electron chi connectivity index (χ2n) is 6.69. The molecule has 3 heteroatoms. The first-order valence-corrected chi connectivity index (χ1v) is 8.34. The molecule has 0 saturated heterocycles. The molecule has 1 N–H and O–H groups in total. The number of hydrogen-bond donors (Lipinski definition) is 1. The number of carbonyl (C=O) groups excluding carboxylic acids is 1. The standard InChI is InChI=1S/C21H27NO2/c1-13-7-14(2)9-19(8-13)24-12-21(23)22-18(6)20-11-16(4)15(3)10-17(20)5/h7-11,18H,12H2,1-6H3,(H,22,23)/t18-/m1/s1. The van der Waals surface area contributed by atoms with Gasteiger partial charge in [0, 0.05) is 0 Å². The summed E-state index contributed by atoms with van der Waals surface area (Å²) in [5.41, 5.74) is 7.11. The van der Waals surface area contributed by atoms with Crippen LogP contribution in [0.2, 0.25) is 0 Å². The van der Waals surface area contributed by atoms with Crippen LogP contribution in [0.4, 0.5) is 0 Å². The highest BCUT2D eigenvalue weighted by Crippen LogP contribution is 2.21. The van der Waals surface area contributed by atoms with E-state index in [1.165, 1.54) is 16.7 Å². The predicted octanol–water partition coefficient (Wildman–Crippen LogP) is 4.48. The molecule has 2 aromatic rings. The molecule has 0 aliphatic heterocycles. The van der Waals surface area contributed by atoms with Gasteiger partial charge in [0.05, 0.1) is 6.04 Å². The average Bonchev–Trinajstić information content (AvgIpc) is 2.48. The monoisotopic (exact) mass is 325 g/mol. The van der Waals surface area contributed by atoms with Gasteiger partial charge < -0.3 is 10.1 Å². The van der Waals surface area contributed by atoms with E-state index in [9.17, 15) is 4.79 Å².